The Morgan fingerprint density at radius 3 is 2.63 bits per heavy atom. The lowest BCUT2D eigenvalue weighted by Gasteiger charge is -2.05. The highest BCUT2D eigenvalue weighted by molar-refractivity contribution is 5.92. The van der Waals surface area contributed by atoms with E-state index >= 15 is 0 Å². The standard InChI is InChI=1S/C21H17N5O4/c1-13-23-20(25-24-13)16-4-2-3-14(11-16)12-22-21(27)19-10-9-18(30-19)15-5-7-17(8-6-15)26(28)29/h2-11H,12H2,1H3,(H,22,27)(H,23,24,25). The molecule has 0 saturated heterocycles. The molecule has 0 atom stereocenters. The summed E-state index contributed by atoms with van der Waals surface area (Å²) in [5.41, 5.74) is 2.38. The minimum atomic E-state index is -0.469. The molecule has 0 radical (unpaired) electrons. The summed E-state index contributed by atoms with van der Waals surface area (Å²) in [7, 11) is 0. The van der Waals surface area contributed by atoms with Crippen LogP contribution in [-0.2, 0) is 6.54 Å². The highest BCUT2D eigenvalue weighted by Gasteiger charge is 2.13. The van der Waals surface area contributed by atoms with E-state index in [4.69, 9.17) is 4.42 Å². The number of amides is 1. The summed E-state index contributed by atoms with van der Waals surface area (Å²) in [5, 5.41) is 20.5. The Hall–Kier alpha value is -4.27. The molecule has 0 fully saturated rings. The molecular weight excluding hydrogens is 386 g/mol. The van der Waals surface area contributed by atoms with Gasteiger partial charge in [0.05, 0.1) is 4.92 Å². The number of nitro groups is 1. The van der Waals surface area contributed by atoms with Crippen LogP contribution in [0.5, 0.6) is 0 Å². The van der Waals surface area contributed by atoms with Crippen molar-refractivity contribution in [2.45, 2.75) is 13.5 Å². The third kappa shape index (κ3) is 4.09. The Balaban J connectivity index is 1.42. The number of carbonyl (C=O) groups is 1. The number of non-ortho nitro benzene ring substituents is 1. The highest BCUT2D eigenvalue weighted by Crippen LogP contribution is 2.24. The van der Waals surface area contributed by atoms with Crippen molar-refractivity contribution in [3.63, 3.8) is 0 Å². The fourth-order valence-corrected chi connectivity index (χ4v) is 2.92. The minimum absolute atomic E-state index is 0.00861. The molecule has 0 aliphatic carbocycles. The summed E-state index contributed by atoms with van der Waals surface area (Å²) in [6.07, 6.45) is 0. The number of aryl methyl sites for hydroxylation is 1. The van der Waals surface area contributed by atoms with Crippen LogP contribution in [0.15, 0.2) is 65.1 Å². The maximum atomic E-state index is 12.4. The van der Waals surface area contributed by atoms with Crippen LogP contribution in [-0.4, -0.2) is 26.0 Å². The first-order chi connectivity index (χ1) is 14.5. The zero-order chi connectivity index (χ0) is 21.1. The molecule has 0 unspecified atom stereocenters. The van der Waals surface area contributed by atoms with Gasteiger partial charge in [0.25, 0.3) is 11.6 Å². The zero-order valence-electron chi connectivity index (χ0n) is 16.0. The number of hydrogen-bond acceptors (Lipinski definition) is 6. The molecule has 0 spiro atoms. The first kappa shape index (κ1) is 19.1. The molecule has 0 saturated carbocycles. The molecule has 4 aromatic rings. The summed E-state index contributed by atoms with van der Waals surface area (Å²) in [5.74, 6) is 1.58. The third-order valence-electron chi connectivity index (χ3n) is 4.43. The van der Waals surface area contributed by atoms with Crippen molar-refractivity contribution in [3.05, 3.63) is 87.9 Å². The van der Waals surface area contributed by atoms with Crippen molar-refractivity contribution in [2.75, 3.05) is 0 Å². The Bertz CT molecular complexity index is 1210. The van der Waals surface area contributed by atoms with E-state index in [1.54, 1.807) is 24.3 Å². The van der Waals surface area contributed by atoms with Gasteiger partial charge in [0.15, 0.2) is 11.6 Å². The summed E-state index contributed by atoms with van der Waals surface area (Å²) in [6, 6.07) is 16.7. The molecule has 0 bridgehead atoms. The number of hydrogen-bond donors (Lipinski definition) is 2. The predicted octanol–water partition coefficient (Wildman–Crippen LogP) is 3.88. The number of rotatable bonds is 6. The van der Waals surface area contributed by atoms with E-state index in [1.165, 1.54) is 12.1 Å². The lowest BCUT2D eigenvalue weighted by molar-refractivity contribution is -0.384. The number of nitro benzene ring substituents is 1. The number of nitrogens with one attached hydrogen (secondary N) is 2. The minimum Gasteiger partial charge on any atom is -0.451 e. The molecule has 2 aromatic carbocycles. The number of aromatic nitrogens is 3. The fourth-order valence-electron chi connectivity index (χ4n) is 2.92. The fraction of sp³-hybridized carbons (Fsp3) is 0.0952. The number of furan rings is 1. The van der Waals surface area contributed by atoms with Gasteiger partial charge in [-0.1, -0.05) is 18.2 Å². The van der Waals surface area contributed by atoms with Gasteiger partial charge in [-0.3, -0.25) is 20.0 Å². The van der Waals surface area contributed by atoms with Crippen molar-refractivity contribution in [2.24, 2.45) is 0 Å². The Labute approximate surface area is 170 Å². The van der Waals surface area contributed by atoms with Gasteiger partial charge >= 0.3 is 0 Å². The summed E-state index contributed by atoms with van der Waals surface area (Å²) in [4.78, 5) is 27.0. The summed E-state index contributed by atoms with van der Waals surface area (Å²) >= 11 is 0. The number of benzene rings is 2. The average Bonchev–Trinajstić information content (AvgIpc) is 3.42. The van der Waals surface area contributed by atoms with Crippen molar-refractivity contribution in [1.82, 2.24) is 20.5 Å². The number of aromatic amines is 1. The Morgan fingerprint density at radius 2 is 1.93 bits per heavy atom. The van der Waals surface area contributed by atoms with Crippen LogP contribution in [0, 0.1) is 17.0 Å². The first-order valence-electron chi connectivity index (χ1n) is 9.11. The van der Waals surface area contributed by atoms with Crippen LogP contribution in [0.2, 0.25) is 0 Å². The molecule has 0 aliphatic rings. The molecule has 30 heavy (non-hydrogen) atoms. The zero-order valence-corrected chi connectivity index (χ0v) is 16.0. The van der Waals surface area contributed by atoms with Gasteiger partial charge in [0, 0.05) is 29.8 Å². The van der Waals surface area contributed by atoms with Crippen LogP contribution in [0.4, 0.5) is 5.69 Å². The monoisotopic (exact) mass is 403 g/mol. The van der Waals surface area contributed by atoms with E-state index in [9.17, 15) is 14.9 Å². The van der Waals surface area contributed by atoms with Gasteiger partial charge < -0.3 is 9.73 Å². The van der Waals surface area contributed by atoms with Gasteiger partial charge in [-0.05, 0) is 42.8 Å². The lowest BCUT2D eigenvalue weighted by atomic mass is 10.1. The van der Waals surface area contributed by atoms with Gasteiger partial charge in [-0.2, -0.15) is 5.10 Å². The normalized spacial score (nSPS) is 10.7. The number of nitrogens with zero attached hydrogens (tertiary/aromatic N) is 3. The molecule has 2 heterocycles. The highest BCUT2D eigenvalue weighted by atomic mass is 16.6. The molecule has 2 aromatic heterocycles. The Kier molecular flexibility index (Phi) is 5.08. The van der Waals surface area contributed by atoms with Crippen molar-refractivity contribution in [1.29, 1.82) is 0 Å². The van der Waals surface area contributed by atoms with E-state index < -0.39 is 4.92 Å². The largest absolute Gasteiger partial charge is 0.451 e. The van der Waals surface area contributed by atoms with Crippen LogP contribution in [0.1, 0.15) is 21.9 Å². The van der Waals surface area contributed by atoms with E-state index in [-0.39, 0.29) is 17.4 Å². The second-order valence-electron chi connectivity index (χ2n) is 6.60. The maximum absolute atomic E-state index is 12.4. The number of carbonyl (C=O) groups excluding carboxylic acids is 1. The van der Waals surface area contributed by atoms with Crippen LogP contribution in [0.3, 0.4) is 0 Å². The van der Waals surface area contributed by atoms with Gasteiger partial charge in [-0.25, -0.2) is 4.98 Å². The lowest BCUT2D eigenvalue weighted by Crippen LogP contribution is -2.22. The van der Waals surface area contributed by atoms with Gasteiger partial charge in [0.1, 0.15) is 11.6 Å². The van der Waals surface area contributed by atoms with Crippen LogP contribution in [0.25, 0.3) is 22.7 Å². The van der Waals surface area contributed by atoms with Crippen molar-refractivity contribution < 1.29 is 14.1 Å². The molecule has 9 nitrogen and oxygen atoms in total. The Morgan fingerprint density at radius 1 is 1.13 bits per heavy atom. The maximum Gasteiger partial charge on any atom is 0.287 e. The summed E-state index contributed by atoms with van der Waals surface area (Å²) in [6.45, 7) is 2.14. The van der Waals surface area contributed by atoms with Gasteiger partial charge in [0.2, 0.25) is 0 Å². The predicted molar refractivity (Wildman–Crippen MR) is 109 cm³/mol. The smallest absolute Gasteiger partial charge is 0.287 e. The molecule has 150 valence electrons. The van der Waals surface area contributed by atoms with Crippen molar-refractivity contribution in [3.8, 4) is 22.7 Å². The summed E-state index contributed by atoms with van der Waals surface area (Å²) < 4.78 is 5.61. The SMILES string of the molecule is Cc1nc(-c2cccc(CNC(=O)c3ccc(-c4ccc([N+](=O)[O-])cc4)o3)c2)n[nH]1. The first-order valence-corrected chi connectivity index (χ1v) is 9.11. The van der Waals surface area contributed by atoms with Crippen LogP contribution >= 0.6 is 0 Å². The number of H-pyrrole nitrogens is 1. The van der Waals surface area contributed by atoms with E-state index in [2.05, 4.69) is 20.5 Å². The van der Waals surface area contributed by atoms with E-state index in [0.717, 1.165) is 17.0 Å². The van der Waals surface area contributed by atoms with E-state index in [0.29, 0.717) is 23.7 Å². The molecule has 4 rings (SSSR count). The van der Waals surface area contributed by atoms with E-state index in [1.807, 2.05) is 31.2 Å². The van der Waals surface area contributed by atoms with Crippen LogP contribution < -0.4 is 5.32 Å². The quantitative estimate of drug-likeness (QED) is 0.371. The molecule has 0 aliphatic heterocycles. The second-order valence-corrected chi connectivity index (χ2v) is 6.60. The molecule has 1 amide bonds. The topological polar surface area (TPSA) is 127 Å². The molecule has 2 N–H and O–H groups in total. The average molecular weight is 403 g/mol. The second kappa shape index (κ2) is 8.00. The third-order valence-corrected chi connectivity index (χ3v) is 4.43. The molecular formula is C21H17N5O4. The van der Waals surface area contributed by atoms with Gasteiger partial charge in [-0.15, -0.1) is 0 Å². The molecule has 9 heteroatoms. The van der Waals surface area contributed by atoms with Crippen molar-refractivity contribution >= 4 is 11.6 Å².